The van der Waals surface area contributed by atoms with Crippen LogP contribution in [0, 0.1) is 0 Å². The minimum atomic E-state index is -1.70. The van der Waals surface area contributed by atoms with Gasteiger partial charge in [-0.1, -0.05) is 30.3 Å². The third-order valence-electron chi connectivity index (χ3n) is 9.54. The van der Waals surface area contributed by atoms with E-state index in [0.717, 1.165) is 0 Å². The first-order valence-corrected chi connectivity index (χ1v) is 20.8. The molecule has 1 aliphatic rings. The molecule has 26 heteroatoms. The van der Waals surface area contributed by atoms with Crippen molar-refractivity contribution in [3.63, 3.8) is 0 Å². The monoisotopic (exact) mass is 914 g/mol. The van der Waals surface area contributed by atoms with Crippen LogP contribution < -0.4 is 76.9 Å². The summed E-state index contributed by atoms with van der Waals surface area (Å²) in [6.07, 6.45) is -0.885. The van der Waals surface area contributed by atoms with Crippen molar-refractivity contribution in [3.8, 4) is 0 Å². The maximum atomic E-state index is 14.1. The molecule has 0 saturated carbocycles. The van der Waals surface area contributed by atoms with E-state index in [-0.39, 0.29) is 82.9 Å². The Hall–Kier alpha value is -7.54. The minimum absolute atomic E-state index is 0.00295. The number of nitrogens with two attached hydrogens (primary N) is 6. The highest BCUT2D eigenvalue weighted by atomic mass is 16.2. The molecule has 1 heterocycles. The number of aliphatic imine (C=N–C) groups is 2. The quantitative estimate of drug-likeness (QED) is 0.0417. The molecule has 358 valence electrons. The van der Waals surface area contributed by atoms with Gasteiger partial charge >= 0.3 is 0 Å². The van der Waals surface area contributed by atoms with Crippen LogP contribution in [0.25, 0.3) is 0 Å². The molecule has 65 heavy (non-hydrogen) atoms. The molecule has 0 aliphatic carbocycles. The number of carbonyl (C=O) groups is 10. The molecular formula is C39H62N16O10. The van der Waals surface area contributed by atoms with Gasteiger partial charge in [0.25, 0.3) is 0 Å². The van der Waals surface area contributed by atoms with Gasteiger partial charge in [-0.3, -0.25) is 57.9 Å². The molecule has 1 aromatic carbocycles. The topological polar surface area (TPSA) is 448 Å². The average Bonchev–Trinajstić information content (AvgIpc) is 3.22. The Bertz CT molecular complexity index is 1910. The second-order valence-electron chi connectivity index (χ2n) is 15.0. The Morgan fingerprint density at radius 1 is 0.723 bits per heavy atom. The Kier molecular flexibility index (Phi) is 23.3. The van der Waals surface area contributed by atoms with Gasteiger partial charge < -0.3 is 76.9 Å². The fourth-order valence-corrected chi connectivity index (χ4v) is 6.34. The van der Waals surface area contributed by atoms with Crippen molar-refractivity contribution < 1.29 is 47.9 Å². The summed E-state index contributed by atoms with van der Waals surface area (Å²) >= 11 is 0. The van der Waals surface area contributed by atoms with Crippen LogP contribution in [0.1, 0.15) is 70.3 Å². The third kappa shape index (κ3) is 21.9. The van der Waals surface area contributed by atoms with Gasteiger partial charge in [-0.2, -0.15) is 0 Å². The number of nitrogens with one attached hydrogen (secondary N) is 8. The second kappa shape index (κ2) is 28.2. The number of primary amides is 2. The number of carbonyl (C=O) groups excluding carboxylic acids is 10. The van der Waals surface area contributed by atoms with Crippen molar-refractivity contribution in [3.05, 3.63) is 35.9 Å². The molecule has 2 rings (SSSR count). The normalized spacial score (nSPS) is 21.2. The molecule has 3 unspecified atom stereocenters. The first-order valence-electron chi connectivity index (χ1n) is 20.8. The van der Waals surface area contributed by atoms with Crippen LogP contribution in [0.5, 0.6) is 0 Å². The fourth-order valence-electron chi connectivity index (χ4n) is 6.34. The lowest BCUT2D eigenvalue weighted by Crippen LogP contribution is -2.60. The van der Waals surface area contributed by atoms with Crippen LogP contribution in [-0.2, 0) is 54.4 Å². The zero-order valence-electron chi connectivity index (χ0n) is 36.2. The molecule has 1 saturated heterocycles. The highest BCUT2D eigenvalue weighted by Crippen LogP contribution is 2.10. The van der Waals surface area contributed by atoms with Crippen LogP contribution >= 0.6 is 0 Å². The van der Waals surface area contributed by atoms with E-state index in [2.05, 4.69) is 52.5 Å². The molecule has 20 N–H and O–H groups in total. The van der Waals surface area contributed by atoms with Crippen molar-refractivity contribution in [2.75, 3.05) is 26.2 Å². The lowest BCUT2D eigenvalue weighted by Gasteiger charge is -2.27. The molecule has 1 aromatic rings. The maximum absolute atomic E-state index is 14.1. The molecule has 0 bridgehead atoms. The van der Waals surface area contributed by atoms with Crippen LogP contribution in [0.4, 0.5) is 0 Å². The third-order valence-corrected chi connectivity index (χ3v) is 9.54. The van der Waals surface area contributed by atoms with Gasteiger partial charge in [0.15, 0.2) is 11.9 Å². The second-order valence-corrected chi connectivity index (χ2v) is 15.0. The van der Waals surface area contributed by atoms with Gasteiger partial charge in [0.05, 0.1) is 19.4 Å². The summed E-state index contributed by atoms with van der Waals surface area (Å²) in [5.74, 6) is -9.16. The van der Waals surface area contributed by atoms with Gasteiger partial charge in [0.2, 0.25) is 59.1 Å². The van der Waals surface area contributed by atoms with E-state index < -0.39 is 115 Å². The van der Waals surface area contributed by atoms with Crippen molar-refractivity contribution in [2.45, 2.75) is 107 Å². The van der Waals surface area contributed by atoms with Crippen LogP contribution in [0.15, 0.2) is 40.3 Å². The standard InChI is InChI=1S/C39H62N16O10/c1-21(56)50-24(13-8-16-48-39(44)45)34(62)53-25-11-5-6-14-46-30(58)19-26(32(41)60)51-31(59)20-49-33(61)23(12-7-15-47-38(42)43)52-36(64)27(17-22-9-3-2-4-10-22)54-37(65)28(18-29(40)57)55-35(25)63/h2-4,9-10,23-28H,5-8,11-20H2,1H3,(H2,40,57)(H2,41,60)(H,46,58)(H,49,61)(H,50,56)(H,51,59)(H,52,64)(H,53,62)(H,54,65)(H,55,63)(H4,42,43,47)(H4,44,45,48)/t23-,24-,25?,26?,27?,28-/m0/s1. The summed E-state index contributed by atoms with van der Waals surface area (Å²) < 4.78 is 0. The van der Waals surface area contributed by atoms with Crippen molar-refractivity contribution in [1.82, 2.24) is 42.5 Å². The van der Waals surface area contributed by atoms with Crippen molar-refractivity contribution in [1.29, 1.82) is 0 Å². The Morgan fingerprint density at radius 3 is 1.95 bits per heavy atom. The predicted molar refractivity (Wildman–Crippen MR) is 235 cm³/mol. The SMILES string of the molecule is CC(=O)N[C@@H](CCCN=C(N)N)C(=O)NC1CCCCNC(=O)CC(C(N)=O)NC(=O)CNC(=O)[C@H](CCCN=C(N)N)NC(=O)C(Cc2ccccc2)NC(=O)[C@H](CC(N)=O)NC1=O. The van der Waals surface area contributed by atoms with E-state index in [1.165, 1.54) is 6.92 Å². The molecular weight excluding hydrogens is 853 g/mol. The van der Waals surface area contributed by atoms with E-state index in [1.807, 2.05) is 0 Å². The smallest absolute Gasteiger partial charge is 0.243 e. The Morgan fingerprint density at radius 2 is 1.34 bits per heavy atom. The van der Waals surface area contributed by atoms with Crippen molar-refractivity contribution in [2.24, 2.45) is 44.4 Å². The summed E-state index contributed by atoms with van der Waals surface area (Å²) in [6.45, 7) is 0.637. The highest BCUT2D eigenvalue weighted by Gasteiger charge is 2.33. The van der Waals surface area contributed by atoms with Crippen LogP contribution in [-0.4, -0.2) is 133 Å². The Labute approximate surface area is 374 Å². The zero-order chi connectivity index (χ0) is 48.5. The van der Waals surface area contributed by atoms with Gasteiger partial charge in [-0.05, 0) is 50.5 Å². The molecule has 0 spiro atoms. The lowest BCUT2D eigenvalue weighted by molar-refractivity contribution is -0.136. The van der Waals surface area contributed by atoms with E-state index in [0.29, 0.717) is 5.56 Å². The number of benzene rings is 1. The van der Waals surface area contributed by atoms with Gasteiger partial charge in [-0.25, -0.2) is 0 Å². The summed E-state index contributed by atoms with van der Waals surface area (Å²) in [6, 6.07) is -0.174. The van der Waals surface area contributed by atoms with Crippen LogP contribution in [0.2, 0.25) is 0 Å². The zero-order valence-corrected chi connectivity index (χ0v) is 36.2. The number of nitrogens with zero attached hydrogens (tertiary/aromatic N) is 2. The largest absolute Gasteiger partial charge is 0.370 e. The van der Waals surface area contributed by atoms with Gasteiger partial charge in [0, 0.05) is 33.0 Å². The molecule has 1 fully saturated rings. The number of amides is 10. The fraction of sp³-hybridized carbons (Fsp3) is 0.538. The summed E-state index contributed by atoms with van der Waals surface area (Å²) in [5, 5.41) is 19.9. The first kappa shape index (κ1) is 53.6. The predicted octanol–water partition coefficient (Wildman–Crippen LogP) is -6.57. The highest BCUT2D eigenvalue weighted by molar-refractivity contribution is 5.98. The van der Waals surface area contributed by atoms with Gasteiger partial charge in [0.1, 0.15) is 36.3 Å². The number of hydrogen-bond donors (Lipinski definition) is 14. The Balaban J connectivity index is 2.59. The van der Waals surface area contributed by atoms with Gasteiger partial charge in [-0.15, -0.1) is 0 Å². The number of hydrogen-bond acceptors (Lipinski definition) is 12. The average molecular weight is 915 g/mol. The summed E-state index contributed by atoms with van der Waals surface area (Å²) in [4.78, 5) is 139. The molecule has 0 aromatic heterocycles. The number of rotatable bonds is 16. The molecule has 1 aliphatic heterocycles. The molecule has 10 amide bonds. The summed E-state index contributed by atoms with van der Waals surface area (Å²) in [5.41, 5.74) is 33.1. The van der Waals surface area contributed by atoms with E-state index in [1.54, 1.807) is 30.3 Å². The lowest BCUT2D eigenvalue weighted by atomic mass is 10.0. The first-order chi connectivity index (χ1) is 30.7. The van der Waals surface area contributed by atoms with E-state index in [4.69, 9.17) is 34.4 Å². The van der Waals surface area contributed by atoms with Crippen LogP contribution in [0.3, 0.4) is 0 Å². The van der Waals surface area contributed by atoms with E-state index in [9.17, 15) is 47.9 Å². The molecule has 26 nitrogen and oxygen atoms in total. The number of guanidine groups is 2. The van der Waals surface area contributed by atoms with E-state index >= 15 is 0 Å². The molecule has 6 atom stereocenters. The maximum Gasteiger partial charge on any atom is 0.243 e. The minimum Gasteiger partial charge on any atom is -0.370 e. The van der Waals surface area contributed by atoms with Crippen molar-refractivity contribution >= 4 is 71.0 Å². The summed E-state index contributed by atoms with van der Waals surface area (Å²) in [7, 11) is 0. The molecule has 0 radical (unpaired) electrons.